The Morgan fingerprint density at radius 3 is 2.60 bits per heavy atom. The number of sulfonamides is 1. The molecule has 0 radical (unpaired) electrons. The number of rotatable bonds is 3. The van der Waals surface area contributed by atoms with Crippen molar-refractivity contribution in [1.29, 1.82) is 0 Å². The average Bonchev–Trinajstić information content (AvgIpc) is 3.00. The van der Waals surface area contributed by atoms with E-state index in [4.69, 9.17) is 0 Å². The SMILES string of the molecule is CS(=O)(=O)N1CCC[C@H](NC(=O)[C@@H]2C[C@H]3CC[C@H]2C3)C1. The molecule has 20 heavy (non-hydrogen) atoms. The smallest absolute Gasteiger partial charge is 0.223 e. The second-order valence-corrected chi connectivity index (χ2v) is 8.73. The lowest BCUT2D eigenvalue weighted by molar-refractivity contribution is -0.127. The number of hydrogen-bond donors (Lipinski definition) is 1. The van der Waals surface area contributed by atoms with Crippen LogP contribution in [0.1, 0.15) is 38.5 Å². The van der Waals surface area contributed by atoms with Crippen LogP contribution in [0.2, 0.25) is 0 Å². The molecule has 0 unspecified atom stereocenters. The summed E-state index contributed by atoms with van der Waals surface area (Å²) in [7, 11) is -3.14. The Morgan fingerprint density at radius 2 is 2.00 bits per heavy atom. The third kappa shape index (κ3) is 2.86. The summed E-state index contributed by atoms with van der Waals surface area (Å²) in [5, 5.41) is 3.10. The van der Waals surface area contributed by atoms with Gasteiger partial charge in [0.15, 0.2) is 0 Å². The largest absolute Gasteiger partial charge is 0.352 e. The van der Waals surface area contributed by atoms with E-state index in [2.05, 4.69) is 5.32 Å². The van der Waals surface area contributed by atoms with Gasteiger partial charge in [-0.3, -0.25) is 4.79 Å². The van der Waals surface area contributed by atoms with Crippen molar-refractivity contribution in [2.45, 2.75) is 44.6 Å². The number of amides is 1. The monoisotopic (exact) mass is 300 g/mol. The molecule has 1 saturated heterocycles. The summed E-state index contributed by atoms with van der Waals surface area (Å²) in [5.74, 6) is 1.68. The summed E-state index contributed by atoms with van der Waals surface area (Å²) in [6, 6.07) is -0.00917. The molecule has 2 saturated carbocycles. The van der Waals surface area contributed by atoms with E-state index >= 15 is 0 Å². The average molecular weight is 300 g/mol. The molecule has 2 bridgehead atoms. The lowest BCUT2D eigenvalue weighted by atomic mass is 9.88. The van der Waals surface area contributed by atoms with Crippen molar-refractivity contribution in [2.75, 3.05) is 19.3 Å². The highest BCUT2D eigenvalue weighted by Crippen LogP contribution is 2.48. The highest BCUT2D eigenvalue weighted by atomic mass is 32.2. The van der Waals surface area contributed by atoms with Gasteiger partial charge in [-0.2, -0.15) is 0 Å². The second kappa shape index (κ2) is 5.30. The van der Waals surface area contributed by atoms with Crippen molar-refractivity contribution in [3.63, 3.8) is 0 Å². The highest BCUT2D eigenvalue weighted by molar-refractivity contribution is 7.88. The van der Waals surface area contributed by atoms with Crippen LogP contribution in [0, 0.1) is 17.8 Å². The summed E-state index contributed by atoms with van der Waals surface area (Å²) >= 11 is 0. The quantitative estimate of drug-likeness (QED) is 0.844. The number of piperidine rings is 1. The molecule has 0 spiro atoms. The number of nitrogens with one attached hydrogen (secondary N) is 1. The number of carbonyl (C=O) groups is 1. The lowest BCUT2D eigenvalue weighted by Crippen LogP contribution is -2.50. The maximum Gasteiger partial charge on any atom is 0.223 e. The molecule has 0 aromatic carbocycles. The third-order valence-electron chi connectivity index (χ3n) is 5.27. The molecule has 4 atom stereocenters. The van der Waals surface area contributed by atoms with E-state index in [1.807, 2.05) is 0 Å². The summed E-state index contributed by atoms with van der Waals surface area (Å²) in [6.07, 6.45) is 7.71. The van der Waals surface area contributed by atoms with Crippen LogP contribution in [0.15, 0.2) is 0 Å². The first-order valence-corrected chi connectivity index (χ1v) is 9.54. The Morgan fingerprint density at radius 1 is 1.20 bits per heavy atom. The maximum absolute atomic E-state index is 12.4. The normalized spacial score (nSPS) is 38.0. The van der Waals surface area contributed by atoms with Gasteiger partial charge in [-0.25, -0.2) is 12.7 Å². The van der Waals surface area contributed by atoms with Crippen molar-refractivity contribution in [2.24, 2.45) is 17.8 Å². The Labute approximate surface area is 121 Å². The van der Waals surface area contributed by atoms with Crippen molar-refractivity contribution in [3.8, 4) is 0 Å². The molecule has 3 aliphatic rings. The van der Waals surface area contributed by atoms with Gasteiger partial charge in [0.1, 0.15) is 0 Å². The highest BCUT2D eigenvalue weighted by Gasteiger charge is 2.43. The molecule has 1 N–H and O–H groups in total. The summed E-state index contributed by atoms with van der Waals surface area (Å²) in [5.41, 5.74) is 0. The lowest BCUT2D eigenvalue weighted by Gasteiger charge is -2.32. The number of hydrogen-bond acceptors (Lipinski definition) is 3. The van der Waals surface area contributed by atoms with Gasteiger partial charge in [-0.1, -0.05) is 6.42 Å². The van der Waals surface area contributed by atoms with Gasteiger partial charge in [-0.05, 0) is 43.9 Å². The Bertz CT molecular complexity index is 491. The minimum atomic E-state index is -3.14. The molecule has 1 heterocycles. The van der Waals surface area contributed by atoms with Crippen molar-refractivity contribution in [1.82, 2.24) is 9.62 Å². The minimum absolute atomic E-state index is 0.00917. The van der Waals surface area contributed by atoms with Gasteiger partial charge in [0.05, 0.1) is 6.26 Å². The van der Waals surface area contributed by atoms with E-state index in [1.54, 1.807) is 0 Å². The molecule has 3 fully saturated rings. The molecule has 5 nitrogen and oxygen atoms in total. The van der Waals surface area contributed by atoms with Crippen LogP contribution < -0.4 is 5.32 Å². The Kier molecular flexibility index (Phi) is 3.79. The van der Waals surface area contributed by atoms with Crippen LogP contribution in [-0.4, -0.2) is 44.0 Å². The van der Waals surface area contributed by atoms with E-state index in [1.165, 1.54) is 29.8 Å². The summed E-state index contributed by atoms with van der Waals surface area (Å²) in [6.45, 7) is 1.02. The molecular formula is C14H24N2O3S. The third-order valence-corrected chi connectivity index (χ3v) is 6.54. The molecular weight excluding hydrogens is 276 g/mol. The van der Waals surface area contributed by atoms with Crippen molar-refractivity contribution < 1.29 is 13.2 Å². The number of fused-ring (bicyclic) bond motifs is 2. The summed E-state index contributed by atoms with van der Waals surface area (Å²) < 4.78 is 24.7. The second-order valence-electron chi connectivity index (χ2n) is 6.75. The van der Waals surface area contributed by atoms with E-state index < -0.39 is 10.0 Å². The van der Waals surface area contributed by atoms with E-state index in [-0.39, 0.29) is 17.9 Å². The standard InChI is InChI=1S/C14H24N2O3S/c1-20(18,19)16-6-2-3-12(9-16)15-14(17)13-8-10-4-5-11(13)7-10/h10-13H,2-9H2,1H3,(H,15,17)/t10-,11-,12-,13+/m0/s1. The van der Waals surface area contributed by atoms with E-state index in [0.717, 1.165) is 25.2 Å². The van der Waals surface area contributed by atoms with Crippen LogP contribution in [-0.2, 0) is 14.8 Å². The molecule has 1 amide bonds. The van der Waals surface area contributed by atoms with Crippen molar-refractivity contribution >= 4 is 15.9 Å². The molecule has 3 rings (SSSR count). The Balaban J connectivity index is 1.56. The minimum Gasteiger partial charge on any atom is -0.352 e. The zero-order valence-electron chi connectivity index (χ0n) is 12.0. The van der Waals surface area contributed by atoms with Crippen LogP contribution >= 0.6 is 0 Å². The van der Waals surface area contributed by atoms with Crippen molar-refractivity contribution in [3.05, 3.63) is 0 Å². The van der Waals surface area contributed by atoms with Gasteiger partial charge in [-0.15, -0.1) is 0 Å². The molecule has 1 aliphatic heterocycles. The van der Waals surface area contributed by atoms with Gasteiger partial charge in [0.2, 0.25) is 15.9 Å². The Hall–Kier alpha value is -0.620. The first kappa shape index (κ1) is 14.3. The summed E-state index contributed by atoms with van der Waals surface area (Å²) in [4.78, 5) is 12.4. The molecule has 2 aliphatic carbocycles. The van der Waals surface area contributed by atoms with E-state index in [0.29, 0.717) is 19.0 Å². The number of carbonyl (C=O) groups excluding carboxylic acids is 1. The maximum atomic E-state index is 12.4. The van der Waals surface area contributed by atoms with Gasteiger partial charge >= 0.3 is 0 Å². The first-order valence-electron chi connectivity index (χ1n) is 7.69. The molecule has 0 aromatic heterocycles. The molecule has 6 heteroatoms. The fraction of sp³-hybridized carbons (Fsp3) is 0.929. The number of nitrogens with zero attached hydrogens (tertiary/aromatic N) is 1. The first-order chi connectivity index (χ1) is 9.43. The van der Waals surface area contributed by atoms with Crippen LogP contribution in [0.25, 0.3) is 0 Å². The van der Waals surface area contributed by atoms with E-state index in [9.17, 15) is 13.2 Å². The fourth-order valence-corrected chi connectivity index (χ4v) is 5.15. The zero-order chi connectivity index (χ0) is 14.3. The fourth-order valence-electron chi connectivity index (χ4n) is 4.24. The zero-order valence-corrected chi connectivity index (χ0v) is 12.9. The molecule has 0 aromatic rings. The van der Waals surface area contributed by atoms with Crippen LogP contribution in [0.5, 0.6) is 0 Å². The predicted molar refractivity (Wildman–Crippen MR) is 76.5 cm³/mol. The van der Waals surface area contributed by atoms with Gasteiger partial charge in [0, 0.05) is 25.0 Å². The van der Waals surface area contributed by atoms with Gasteiger partial charge < -0.3 is 5.32 Å². The van der Waals surface area contributed by atoms with Crippen LogP contribution in [0.3, 0.4) is 0 Å². The topological polar surface area (TPSA) is 66.5 Å². The predicted octanol–water partition coefficient (Wildman–Crippen LogP) is 0.963. The van der Waals surface area contributed by atoms with Gasteiger partial charge in [0.25, 0.3) is 0 Å². The molecule has 114 valence electrons. The van der Waals surface area contributed by atoms with Crippen LogP contribution in [0.4, 0.5) is 0 Å².